The Labute approximate surface area is 170 Å². The van der Waals surface area contributed by atoms with Crippen LogP contribution in [0.3, 0.4) is 0 Å². The fraction of sp³-hybridized carbons (Fsp3) is 0.381. The first-order valence-electron chi connectivity index (χ1n) is 9.19. The number of nitrogens with one attached hydrogen (secondary N) is 2. The van der Waals surface area contributed by atoms with E-state index in [4.69, 9.17) is 12.2 Å². The lowest BCUT2D eigenvalue weighted by molar-refractivity contribution is 0.447. The molecule has 3 nitrogen and oxygen atoms in total. The number of rotatable bonds is 4. The van der Waals surface area contributed by atoms with Gasteiger partial charge in [-0.1, -0.05) is 35.0 Å². The Kier molecular flexibility index (Phi) is 6.54. The Balaban J connectivity index is 1.56. The van der Waals surface area contributed by atoms with Gasteiger partial charge in [0.25, 0.3) is 0 Å². The summed E-state index contributed by atoms with van der Waals surface area (Å²) in [6.07, 6.45) is 2.63. The average molecular weight is 432 g/mol. The maximum Gasteiger partial charge on any atom is 0.171 e. The van der Waals surface area contributed by atoms with Gasteiger partial charge in [0.1, 0.15) is 0 Å². The highest BCUT2D eigenvalue weighted by atomic mass is 79.9. The van der Waals surface area contributed by atoms with Gasteiger partial charge in [-0.05, 0) is 79.9 Å². The number of halogens is 1. The summed E-state index contributed by atoms with van der Waals surface area (Å²) < 4.78 is 1.05. The summed E-state index contributed by atoms with van der Waals surface area (Å²) in [5.74, 6) is 0.783. The van der Waals surface area contributed by atoms with Crippen molar-refractivity contribution in [3.8, 4) is 0 Å². The Morgan fingerprint density at radius 3 is 2.50 bits per heavy atom. The van der Waals surface area contributed by atoms with Gasteiger partial charge >= 0.3 is 0 Å². The van der Waals surface area contributed by atoms with Crippen LogP contribution in [0, 0.1) is 5.92 Å². The Hall–Kier alpha value is -1.59. The quantitative estimate of drug-likeness (QED) is 0.603. The molecule has 0 amide bonds. The van der Waals surface area contributed by atoms with Gasteiger partial charge < -0.3 is 15.5 Å². The average Bonchev–Trinajstić information content (AvgIpc) is 2.64. The van der Waals surface area contributed by atoms with Crippen LogP contribution in [-0.4, -0.2) is 18.2 Å². The van der Waals surface area contributed by atoms with Crippen molar-refractivity contribution in [2.24, 2.45) is 5.92 Å². The number of hydrogen-bond donors (Lipinski definition) is 2. The first kappa shape index (κ1) is 19.2. The van der Waals surface area contributed by atoms with E-state index in [1.165, 1.54) is 30.6 Å². The van der Waals surface area contributed by atoms with Gasteiger partial charge in [0.15, 0.2) is 5.11 Å². The van der Waals surface area contributed by atoms with Crippen molar-refractivity contribution in [1.29, 1.82) is 0 Å². The Morgan fingerprint density at radius 1 is 1.15 bits per heavy atom. The molecule has 2 N–H and O–H groups in total. The molecule has 1 aliphatic heterocycles. The van der Waals surface area contributed by atoms with Gasteiger partial charge in [-0.3, -0.25) is 0 Å². The SMILES string of the molecule is C[C@@H]1CCCN(c2ccc([C@@H](C)NC(=S)Nc3ccc(Br)cc3)cc2)C1. The molecule has 1 fully saturated rings. The van der Waals surface area contributed by atoms with Crippen molar-refractivity contribution in [2.45, 2.75) is 32.7 Å². The minimum Gasteiger partial charge on any atom is -0.371 e. The molecule has 26 heavy (non-hydrogen) atoms. The van der Waals surface area contributed by atoms with Crippen LogP contribution in [0.25, 0.3) is 0 Å². The molecule has 0 bridgehead atoms. The van der Waals surface area contributed by atoms with Gasteiger partial charge in [0, 0.05) is 28.9 Å². The highest BCUT2D eigenvalue weighted by Crippen LogP contribution is 2.24. The summed E-state index contributed by atoms with van der Waals surface area (Å²) in [5, 5.41) is 7.22. The highest BCUT2D eigenvalue weighted by molar-refractivity contribution is 9.10. The van der Waals surface area contributed by atoms with Crippen LogP contribution in [0.1, 0.15) is 38.3 Å². The second kappa shape index (κ2) is 8.87. The highest BCUT2D eigenvalue weighted by Gasteiger charge is 2.17. The summed E-state index contributed by atoms with van der Waals surface area (Å²) in [4.78, 5) is 2.50. The monoisotopic (exact) mass is 431 g/mol. The number of anilines is 2. The third-order valence-corrected chi connectivity index (χ3v) is 5.61. The lowest BCUT2D eigenvalue weighted by atomic mass is 9.99. The topological polar surface area (TPSA) is 27.3 Å². The summed E-state index contributed by atoms with van der Waals surface area (Å²) in [5.41, 5.74) is 3.54. The van der Waals surface area contributed by atoms with Crippen LogP contribution in [0.15, 0.2) is 53.0 Å². The van der Waals surface area contributed by atoms with Crippen molar-refractivity contribution in [3.63, 3.8) is 0 Å². The lowest BCUT2D eigenvalue weighted by Gasteiger charge is -2.33. The van der Waals surface area contributed by atoms with E-state index in [2.05, 4.69) is 69.6 Å². The summed E-state index contributed by atoms with van der Waals surface area (Å²) in [6, 6.07) is 17.0. The van der Waals surface area contributed by atoms with Crippen LogP contribution < -0.4 is 15.5 Å². The molecule has 2 aromatic carbocycles. The minimum atomic E-state index is 0.153. The zero-order valence-electron chi connectivity index (χ0n) is 15.3. The zero-order valence-corrected chi connectivity index (χ0v) is 17.7. The van der Waals surface area contributed by atoms with Crippen LogP contribution in [0.2, 0.25) is 0 Å². The molecular formula is C21H26BrN3S. The van der Waals surface area contributed by atoms with Gasteiger partial charge in [-0.2, -0.15) is 0 Å². The predicted molar refractivity (Wildman–Crippen MR) is 119 cm³/mol. The molecule has 2 aromatic rings. The molecule has 5 heteroatoms. The van der Waals surface area contributed by atoms with E-state index in [0.717, 1.165) is 22.6 Å². The van der Waals surface area contributed by atoms with Gasteiger partial charge in [0.2, 0.25) is 0 Å². The number of benzene rings is 2. The molecule has 1 aliphatic rings. The third-order valence-electron chi connectivity index (χ3n) is 4.86. The molecule has 3 rings (SSSR count). The van der Waals surface area contributed by atoms with E-state index in [0.29, 0.717) is 5.11 Å². The molecule has 1 heterocycles. The predicted octanol–water partition coefficient (Wildman–Crippen LogP) is 5.73. The van der Waals surface area contributed by atoms with E-state index in [1.807, 2.05) is 24.3 Å². The molecule has 0 saturated carbocycles. The van der Waals surface area contributed by atoms with Gasteiger partial charge in [-0.25, -0.2) is 0 Å². The van der Waals surface area contributed by atoms with E-state index in [-0.39, 0.29) is 6.04 Å². The van der Waals surface area contributed by atoms with E-state index < -0.39 is 0 Å². The van der Waals surface area contributed by atoms with Crippen LogP contribution in [0.4, 0.5) is 11.4 Å². The van der Waals surface area contributed by atoms with Crippen molar-refractivity contribution in [1.82, 2.24) is 5.32 Å². The van der Waals surface area contributed by atoms with E-state index >= 15 is 0 Å². The second-order valence-electron chi connectivity index (χ2n) is 7.11. The van der Waals surface area contributed by atoms with Crippen molar-refractivity contribution in [2.75, 3.05) is 23.3 Å². The minimum absolute atomic E-state index is 0.153. The maximum absolute atomic E-state index is 5.44. The van der Waals surface area contributed by atoms with Gasteiger partial charge in [0.05, 0.1) is 6.04 Å². The summed E-state index contributed by atoms with van der Waals surface area (Å²) >= 11 is 8.88. The number of hydrogen-bond acceptors (Lipinski definition) is 2. The standard InChI is InChI=1S/C21H26BrN3S/c1-15-4-3-13-25(14-15)20-11-5-17(6-12-20)16(2)23-21(26)24-19-9-7-18(22)8-10-19/h5-12,15-16H,3-4,13-14H2,1-2H3,(H2,23,24,26)/t15-,16-/m1/s1. The first-order valence-corrected chi connectivity index (χ1v) is 10.4. The molecular weight excluding hydrogens is 406 g/mol. The lowest BCUT2D eigenvalue weighted by Crippen LogP contribution is -2.34. The summed E-state index contributed by atoms with van der Waals surface area (Å²) in [6.45, 7) is 6.80. The normalized spacial score (nSPS) is 18.3. The first-order chi connectivity index (χ1) is 12.5. The summed E-state index contributed by atoms with van der Waals surface area (Å²) in [7, 11) is 0. The smallest absolute Gasteiger partial charge is 0.171 e. The molecule has 0 aromatic heterocycles. The largest absolute Gasteiger partial charge is 0.371 e. The molecule has 2 atom stereocenters. The van der Waals surface area contributed by atoms with E-state index in [1.54, 1.807) is 0 Å². The van der Waals surface area contributed by atoms with E-state index in [9.17, 15) is 0 Å². The second-order valence-corrected chi connectivity index (χ2v) is 8.44. The molecule has 0 spiro atoms. The van der Waals surface area contributed by atoms with Crippen LogP contribution >= 0.6 is 28.1 Å². The zero-order chi connectivity index (χ0) is 18.5. The molecule has 0 unspecified atom stereocenters. The number of nitrogens with zero attached hydrogens (tertiary/aromatic N) is 1. The van der Waals surface area contributed by atoms with Crippen molar-refractivity contribution >= 4 is 44.6 Å². The third kappa shape index (κ3) is 5.21. The maximum atomic E-state index is 5.44. The van der Waals surface area contributed by atoms with Gasteiger partial charge in [-0.15, -0.1) is 0 Å². The Bertz CT molecular complexity index is 730. The molecule has 0 aliphatic carbocycles. The molecule has 138 valence electrons. The Morgan fingerprint density at radius 2 is 1.85 bits per heavy atom. The van der Waals surface area contributed by atoms with Crippen molar-refractivity contribution in [3.05, 3.63) is 58.6 Å². The number of thiocarbonyl (C=S) groups is 1. The fourth-order valence-electron chi connectivity index (χ4n) is 3.38. The van der Waals surface area contributed by atoms with Crippen molar-refractivity contribution < 1.29 is 0 Å². The fourth-order valence-corrected chi connectivity index (χ4v) is 3.94. The number of piperidine rings is 1. The molecule has 1 saturated heterocycles. The van der Waals surface area contributed by atoms with Crippen LogP contribution in [0.5, 0.6) is 0 Å². The van der Waals surface area contributed by atoms with Crippen LogP contribution in [-0.2, 0) is 0 Å². The molecule has 0 radical (unpaired) electrons.